The number of hydrogen-bond donors (Lipinski definition) is 4. The van der Waals surface area contributed by atoms with Gasteiger partial charge < -0.3 is 20.7 Å². The molecular formula is C21H16Cl2N6O6. The van der Waals surface area contributed by atoms with E-state index in [2.05, 4.69) is 25.9 Å². The van der Waals surface area contributed by atoms with Crippen molar-refractivity contribution in [2.75, 3.05) is 23.1 Å². The molecule has 0 aliphatic carbocycles. The molecule has 3 aromatic rings. The van der Waals surface area contributed by atoms with Gasteiger partial charge in [-0.05, 0) is 24.3 Å². The van der Waals surface area contributed by atoms with Crippen LogP contribution in [0.1, 0.15) is 17.9 Å². The van der Waals surface area contributed by atoms with E-state index in [-0.39, 0.29) is 40.9 Å². The van der Waals surface area contributed by atoms with Crippen LogP contribution in [0.5, 0.6) is 5.75 Å². The number of benzene rings is 2. The van der Waals surface area contributed by atoms with Gasteiger partial charge in [-0.3, -0.25) is 29.5 Å². The number of aromatic amines is 1. The quantitative estimate of drug-likeness (QED) is 0.282. The van der Waals surface area contributed by atoms with Crippen LogP contribution in [-0.4, -0.2) is 33.8 Å². The van der Waals surface area contributed by atoms with Gasteiger partial charge in [0.2, 0.25) is 17.8 Å². The van der Waals surface area contributed by atoms with Crippen molar-refractivity contribution < 1.29 is 19.2 Å². The molecule has 0 bridgehead atoms. The van der Waals surface area contributed by atoms with Gasteiger partial charge >= 0.3 is 0 Å². The minimum absolute atomic E-state index is 0.00882. The fourth-order valence-corrected chi connectivity index (χ4v) is 4.06. The maximum Gasteiger partial charge on any atom is 0.273 e. The van der Waals surface area contributed by atoms with E-state index in [9.17, 15) is 24.5 Å². The monoisotopic (exact) mass is 518 g/mol. The van der Waals surface area contributed by atoms with Gasteiger partial charge in [0.15, 0.2) is 0 Å². The molecule has 0 unspecified atom stereocenters. The van der Waals surface area contributed by atoms with Crippen molar-refractivity contribution >= 4 is 63.8 Å². The number of nitro benzene ring substituents is 1. The third kappa shape index (κ3) is 5.18. The lowest BCUT2D eigenvalue weighted by molar-refractivity contribution is -0.384. The first kappa shape index (κ1) is 24.0. The standard InChI is InChI=1S/C21H16Cl2N6O6/c1-35-15-7-12(29(33)34)2-3-14(15)25-19(31)13-8-16(30)26-18-17(13)20(32)28-21(27-18)24-11-5-9(22)4-10(23)6-11/h2-7,13H,8H2,1H3,(H,25,31)(H3,24,26,27,28,30,32)/t13-/m1/s1. The molecule has 0 fully saturated rings. The van der Waals surface area contributed by atoms with Crippen molar-refractivity contribution in [1.82, 2.24) is 9.97 Å². The summed E-state index contributed by atoms with van der Waals surface area (Å²) < 4.78 is 5.12. The highest BCUT2D eigenvalue weighted by Gasteiger charge is 2.35. The zero-order chi connectivity index (χ0) is 25.3. The Morgan fingerprint density at radius 3 is 2.57 bits per heavy atom. The van der Waals surface area contributed by atoms with Gasteiger partial charge in [-0.2, -0.15) is 4.98 Å². The van der Waals surface area contributed by atoms with E-state index in [1.165, 1.54) is 25.3 Å². The van der Waals surface area contributed by atoms with Crippen LogP contribution in [-0.2, 0) is 9.59 Å². The van der Waals surface area contributed by atoms with Gasteiger partial charge in [0.05, 0.1) is 35.3 Å². The number of methoxy groups -OCH3 is 1. The minimum atomic E-state index is -1.18. The lowest BCUT2D eigenvalue weighted by atomic mass is 9.92. The van der Waals surface area contributed by atoms with Crippen LogP contribution in [0.25, 0.3) is 0 Å². The molecule has 1 aliphatic rings. The number of hydrogen-bond acceptors (Lipinski definition) is 8. The molecule has 0 radical (unpaired) electrons. The summed E-state index contributed by atoms with van der Waals surface area (Å²) in [7, 11) is 1.29. The highest BCUT2D eigenvalue weighted by Crippen LogP contribution is 2.33. The number of rotatable bonds is 6. The third-order valence-electron chi connectivity index (χ3n) is 5.05. The number of non-ortho nitro benzene ring substituents is 1. The van der Waals surface area contributed by atoms with Crippen LogP contribution in [0, 0.1) is 10.1 Å². The number of anilines is 4. The molecule has 2 heterocycles. The maximum absolute atomic E-state index is 13.1. The fourth-order valence-electron chi connectivity index (χ4n) is 3.53. The van der Waals surface area contributed by atoms with E-state index in [0.29, 0.717) is 15.7 Å². The van der Waals surface area contributed by atoms with Crippen LogP contribution in [0.4, 0.5) is 28.8 Å². The van der Waals surface area contributed by atoms with Gasteiger partial charge in [0, 0.05) is 28.2 Å². The Hall–Kier alpha value is -4.16. The summed E-state index contributed by atoms with van der Waals surface area (Å²) in [6, 6.07) is 8.27. The number of nitro groups is 1. The van der Waals surface area contributed by atoms with Crippen LogP contribution < -0.4 is 26.2 Å². The first-order chi connectivity index (χ1) is 16.6. The van der Waals surface area contributed by atoms with E-state index < -0.39 is 28.2 Å². The van der Waals surface area contributed by atoms with E-state index in [4.69, 9.17) is 27.9 Å². The van der Waals surface area contributed by atoms with Crippen LogP contribution in [0.3, 0.4) is 0 Å². The lowest BCUT2D eigenvalue weighted by Crippen LogP contribution is -2.36. The van der Waals surface area contributed by atoms with Crippen molar-refractivity contribution in [2.24, 2.45) is 0 Å². The van der Waals surface area contributed by atoms with Gasteiger partial charge in [0.1, 0.15) is 11.6 Å². The normalized spacial score (nSPS) is 14.5. The maximum atomic E-state index is 13.1. The Morgan fingerprint density at radius 1 is 1.20 bits per heavy atom. The van der Waals surface area contributed by atoms with Gasteiger partial charge in [-0.1, -0.05) is 23.2 Å². The largest absolute Gasteiger partial charge is 0.494 e. The van der Waals surface area contributed by atoms with Gasteiger partial charge in [-0.15, -0.1) is 0 Å². The molecule has 12 nitrogen and oxygen atoms in total. The first-order valence-electron chi connectivity index (χ1n) is 9.95. The molecular weight excluding hydrogens is 503 g/mol. The molecule has 1 aliphatic heterocycles. The molecule has 2 amide bonds. The second-order valence-corrected chi connectivity index (χ2v) is 8.27. The highest BCUT2D eigenvalue weighted by atomic mass is 35.5. The molecule has 1 atom stereocenters. The number of fused-ring (bicyclic) bond motifs is 1. The number of aromatic nitrogens is 2. The molecule has 4 N–H and O–H groups in total. The number of halogens is 2. The zero-order valence-corrected chi connectivity index (χ0v) is 19.4. The number of amides is 2. The molecule has 35 heavy (non-hydrogen) atoms. The van der Waals surface area contributed by atoms with Crippen molar-refractivity contribution in [3.05, 3.63) is 72.5 Å². The number of carbonyl (C=O) groups is 2. The summed E-state index contributed by atoms with van der Waals surface area (Å²) in [4.78, 5) is 55.4. The molecule has 0 spiro atoms. The Labute approximate surface area is 206 Å². The highest BCUT2D eigenvalue weighted by molar-refractivity contribution is 6.35. The Bertz CT molecular complexity index is 1410. The van der Waals surface area contributed by atoms with Crippen LogP contribution >= 0.6 is 23.2 Å². The summed E-state index contributed by atoms with van der Waals surface area (Å²) in [6.45, 7) is 0. The Morgan fingerprint density at radius 2 is 1.91 bits per heavy atom. The lowest BCUT2D eigenvalue weighted by Gasteiger charge is -2.24. The van der Waals surface area contributed by atoms with Crippen LogP contribution in [0.2, 0.25) is 10.0 Å². The van der Waals surface area contributed by atoms with E-state index >= 15 is 0 Å². The number of nitrogens with one attached hydrogen (secondary N) is 4. The summed E-state index contributed by atoms with van der Waals surface area (Å²) >= 11 is 12.0. The second kappa shape index (κ2) is 9.60. The zero-order valence-electron chi connectivity index (χ0n) is 17.8. The molecule has 4 rings (SSSR count). The van der Waals surface area contributed by atoms with Crippen LogP contribution in [0.15, 0.2) is 41.2 Å². The number of ether oxygens (including phenoxy) is 1. The number of H-pyrrole nitrogens is 1. The summed E-state index contributed by atoms with van der Waals surface area (Å²) in [5.41, 5.74) is -0.355. The average Bonchev–Trinajstić information content (AvgIpc) is 2.77. The molecule has 2 aromatic carbocycles. The first-order valence-corrected chi connectivity index (χ1v) is 10.7. The molecule has 14 heteroatoms. The number of carbonyl (C=O) groups excluding carboxylic acids is 2. The molecule has 0 saturated heterocycles. The number of nitrogens with zero attached hydrogens (tertiary/aromatic N) is 2. The molecule has 1 aromatic heterocycles. The van der Waals surface area contributed by atoms with Crippen molar-refractivity contribution in [3.63, 3.8) is 0 Å². The van der Waals surface area contributed by atoms with Crippen molar-refractivity contribution in [1.29, 1.82) is 0 Å². The predicted octanol–water partition coefficient (Wildman–Crippen LogP) is 3.80. The van der Waals surface area contributed by atoms with Gasteiger partial charge in [-0.25, -0.2) is 0 Å². The Kier molecular flexibility index (Phi) is 6.58. The fraction of sp³-hybridized carbons (Fsp3) is 0.143. The SMILES string of the molecule is COc1cc([N+](=O)[O-])ccc1NC(=O)[C@@H]1CC(=O)Nc2nc(Nc3cc(Cl)cc(Cl)c3)[nH]c(=O)c21. The predicted molar refractivity (Wildman–Crippen MR) is 129 cm³/mol. The average molecular weight is 519 g/mol. The molecule has 180 valence electrons. The summed E-state index contributed by atoms with van der Waals surface area (Å²) in [5.74, 6) is -2.45. The summed E-state index contributed by atoms with van der Waals surface area (Å²) in [6.07, 6.45) is -0.310. The minimum Gasteiger partial charge on any atom is -0.494 e. The Balaban J connectivity index is 1.64. The molecule has 0 saturated carbocycles. The second-order valence-electron chi connectivity index (χ2n) is 7.40. The summed E-state index contributed by atoms with van der Waals surface area (Å²) in [5, 5.41) is 19.6. The third-order valence-corrected chi connectivity index (χ3v) is 5.48. The van der Waals surface area contributed by atoms with Crippen molar-refractivity contribution in [2.45, 2.75) is 12.3 Å². The van der Waals surface area contributed by atoms with Gasteiger partial charge in [0.25, 0.3) is 11.2 Å². The van der Waals surface area contributed by atoms with E-state index in [0.717, 1.165) is 6.07 Å². The van der Waals surface area contributed by atoms with Crippen molar-refractivity contribution in [3.8, 4) is 5.75 Å². The van der Waals surface area contributed by atoms with E-state index in [1.54, 1.807) is 12.1 Å². The smallest absolute Gasteiger partial charge is 0.273 e. The van der Waals surface area contributed by atoms with E-state index in [1.807, 2.05) is 0 Å². The topological polar surface area (TPSA) is 168 Å².